The predicted octanol–water partition coefficient (Wildman–Crippen LogP) is 1.94. The molecule has 0 atom stereocenters. The fraction of sp³-hybridized carbons (Fsp3) is 0.524. The van der Waals surface area contributed by atoms with E-state index in [-0.39, 0.29) is 36.3 Å². The molecule has 0 unspecified atom stereocenters. The Hall–Kier alpha value is -2.26. The number of aryl methyl sites for hydroxylation is 1. The van der Waals surface area contributed by atoms with Gasteiger partial charge in [-0.25, -0.2) is 4.98 Å². The zero-order valence-electron chi connectivity index (χ0n) is 17.1. The third-order valence-electron chi connectivity index (χ3n) is 5.40. The quantitative estimate of drug-likeness (QED) is 0.585. The van der Waals surface area contributed by atoms with E-state index in [1.807, 2.05) is 6.07 Å². The minimum absolute atomic E-state index is 0.00445. The number of likely N-dealkylation sites (tertiary alicyclic amines) is 1. The second-order valence-electron chi connectivity index (χ2n) is 7.45. The van der Waals surface area contributed by atoms with Gasteiger partial charge in [0.25, 0.3) is 5.56 Å². The van der Waals surface area contributed by atoms with Gasteiger partial charge >= 0.3 is 0 Å². The molecule has 9 heteroatoms. The van der Waals surface area contributed by atoms with Crippen molar-refractivity contribution in [2.75, 3.05) is 33.4 Å². The van der Waals surface area contributed by atoms with E-state index in [0.717, 1.165) is 10.9 Å². The van der Waals surface area contributed by atoms with Crippen molar-refractivity contribution in [3.05, 3.63) is 39.4 Å². The lowest BCUT2D eigenvalue weighted by Crippen LogP contribution is -2.43. The summed E-state index contributed by atoms with van der Waals surface area (Å²) < 4.78 is 7.27. The molecule has 1 aliphatic heterocycles. The van der Waals surface area contributed by atoms with E-state index in [4.69, 9.17) is 4.74 Å². The highest BCUT2D eigenvalue weighted by Crippen LogP contribution is 2.18. The molecular formula is C21H27BrN4O4. The smallest absolute Gasteiger partial charge is 0.261 e. The van der Waals surface area contributed by atoms with E-state index in [2.05, 4.69) is 26.2 Å². The van der Waals surface area contributed by atoms with Crippen molar-refractivity contribution in [3.63, 3.8) is 0 Å². The third-order valence-corrected chi connectivity index (χ3v) is 5.89. The van der Waals surface area contributed by atoms with Crippen molar-refractivity contribution < 1.29 is 14.3 Å². The van der Waals surface area contributed by atoms with Crippen LogP contribution in [0.1, 0.15) is 25.7 Å². The first-order valence-electron chi connectivity index (χ1n) is 10.2. The lowest BCUT2D eigenvalue weighted by molar-refractivity contribution is -0.135. The zero-order chi connectivity index (χ0) is 21.5. The summed E-state index contributed by atoms with van der Waals surface area (Å²) in [5.41, 5.74) is 0.478. The highest BCUT2D eigenvalue weighted by atomic mass is 79.9. The molecule has 1 saturated heterocycles. The molecule has 0 radical (unpaired) electrons. The average Bonchev–Trinajstić information content (AvgIpc) is 2.76. The molecule has 2 heterocycles. The molecule has 1 N–H and O–H groups in total. The van der Waals surface area contributed by atoms with Gasteiger partial charge in [0.05, 0.1) is 17.2 Å². The van der Waals surface area contributed by atoms with Crippen LogP contribution < -0.4 is 10.9 Å². The molecule has 1 aromatic heterocycles. The number of rotatable bonds is 8. The van der Waals surface area contributed by atoms with E-state index < -0.39 is 0 Å². The van der Waals surface area contributed by atoms with Gasteiger partial charge in [-0.15, -0.1) is 0 Å². The molecule has 1 fully saturated rings. The van der Waals surface area contributed by atoms with Crippen molar-refractivity contribution in [2.24, 2.45) is 5.92 Å². The maximum atomic E-state index is 12.6. The molecule has 2 amide bonds. The van der Waals surface area contributed by atoms with Gasteiger partial charge in [-0.3, -0.25) is 19.0 Å². The summed E-state index contributed by atoms with van der Waals surface area (Å²) in [6.45, 7) is 2.64. The zero-order valence-corrected chi connectivity index (χ0v) is 18.7. The van der Waals surface area contributed by atoms with Gasteiger partial charge in [0.15, 0.2) is 0 Å². The van der Waals surface area contributed by atoms with Crippen LogP contribution >= 0.6 is 15.9 Å². The topological polar surface area (TPSA) is 93.5 Å². The average molecular weight is 479 g/mol. The number of piperidine rings is 1. The minimum atomic E-state index is -0.155. The maximum Gasteiger partial charge on any atom is 0.261 e. The summed E-state index contributed by atoms with van der Waals surface area (Å²) in [4.78, 5) is 43.5. The summed E-state index contributed by atoms with van der Waals surface area (Å²) in [5, 5.41) is 3.46. The van der Waals surface area contributed by atoms with Gasteiger partial charge in [0, 0.05) is 56.7 Å². The third kappa shape index (κ3) is 5.66. The molecule has 0 saturated carbocycles. The number of carbonyl (C=O) groups excluding carboxylic acids is 2. The number of ether oxygens (including phenoxy) is 1. The van der Waals surface area contributed by atoms with Crippen molar-refractivity contribution in [1.29, 1.82) is 0 Å². The number of fused-ring (bicyclic) bond motifs is 1. The van der Waals surface area contributed by atoms with Crippen molar-refractivity contribution in [3.8, 4) is 0 Å². The Labute approximate surface area is 183 Å². The van der Waals surface area contributed by atoms with E-state index in [1.54, 1.807) is 24.1 Å². The van der Waals surface area contributed by atoms with Crippen LogP contribution in [0.25, 0.3) is 10.9 Å². The molecule has 162 valence electrons. The van der Waals surface area contributed by atoms with E-state index in [1.165, 1.54) is 10.9 Å². The van der Waals surface area contributed by atoms with Crippen LogP contribution in [-0.4, -0.2) is 59.6 Å². The number of hydrogen-bond acceptors (Lipinski definition) is 5. The Kier molecular flexibility index (Phi) is 7.98. The number of methoxy groups -OCH3 is 1. The van der Waals surface area contributed by atoms with Gasteiger partial charge < -0.3 is 15.0 Å². The molecular weight excluding hydrogens is 452 g/mol. The van der Waals surface area contributed by atoms with E-state index >= 15 is 0 Å². The lowest BCUT2D eigenvalue weighted by atomic mass is 9.95. The minimum Gasteiger partial charge on any atom is -0.385 e. The SMILES string of the molecule is COCCCNC(=O)C1CCN(C(=O)CCn2cnc3ccc(Br)cc3c2=O)CC1. The summed E-state index contributed by atoms with van der Waals surface area (Å²) in [7, 11) is 1.64. The molecule has 2 aromatic rings. The summed E-state index contributed by atoms with van der Waals surface area (Å²) in [5.74, 6) is -0.00399. The van der Waals surface area contributed by atoms with Crippen LogP contribution in [0.5, 0.6) is 0 Å². The number of nitrogens with one attached hydrogen (secondary N) is 1. The highest BCUT2D eigenvalue weighted by molar-refractivity contribution is 9.10. The predicted molar refractivity (Wildman–Crippen MR) is 117 cm³/mol. The van der Waals surface area contributed by atoms with Crippen LogP contribution in [0.2, 0.25) is 0 Å². The van der Waals surface area contributed by atoms with Crippen molar-refractivity contribution in [1.82, 2.24) is 19.8 Å². The fourth-order valence-corrected chi connectivity index (χ4v) is 3.99. The standard InChI is InChI=1S/C21H27BrN4O4/c1-30-12-2-8-23-20(28)15-5-9-25(10-6-15)19(27)7-11-26-14-24-18-4-3-16(22)13-17(18)21(26)29/h3-4,13-15H,2,5-12H2,1H3,(H,23,28). The van der Waals surface area contributed by atoms with Gasteiger partial charge in [-0.05, 0) is 37.5 Å². The number of nitrogens with zero attached hydrogens (tertiary/aromatic N) is 3. The molecule has 1 aromatic carbocycles. The first-order valence-corrected chi connectivity index (χ1v) is 11.0. The first kappa shape index (κ1) is 22.4. The monoisotopic (exact) mass is 478 g/mol. The molecule has 0 aliphatic carbocycles. The second-order valence-corrected chi connectivity index (χ2v) is 8.36. The molecule has 0 spiro atoms. The van der Waals surface area contributed by atoms with Crippen molar-refractivity contribution >= 4 is 38.6 Å². The summed E-state index contributed by atoms with van der Waals surface area (Å²) in [6.07, 6.45) is 3.83. The van der Waals surface area contributed by atoms with Crippen LogP contribution in [0.4, 0.5) is 0 Å². The number of hydrogen-bond donors (Lipinski definition) is 1. The largest absolute Gasteiger partial charge is 0.385 e. The van der Waals surface area contributed by atoms with Crippen LogP contribution in [0.15, 0.2) is 33.8 Å². The Morgan fingerprint density at radius 2 is 2.07 bits per heavy atom. The number of aromatic nitrogens is 2. The van der Waals surface area contributed by atoms with Gasteiger partial charge in [0.2, 0.25) is 11.8 Å². The molecule has 0 bridgehead atoms. The second kappa shape index (κ2) is 10.7. The Bertz CT molecular complexity index is 954. The highest BCUT2D eigenvalue weighted by Gasteiger charge is 2.27. The number of halogens is 1. The fourth-order valence-electron chi connectivity index (χ4n) is 3.63. The maximum absolute atomic E-state index is 12.6. The molecule has 30 heavy (non-hydrogen) atoms. The molecule has 8 nitrogen and oxygen atoms in total. The van der Waals surface area contributed by atoms with Crippen LogP contribution in [0, 0.1) is 5.92 Å². The Morgan fingerprint density at radius 1 is 1.30 bits per heavy atom. The summed E-state index contributed by atoms with van der Waals surface area (Å²) in [6, 6.07) is 5.37. The van der Waals surface area contributed by atoms with Crippen LogP contribution in [0.3, 0.4) is 0 Å². The number of amides is 2. The van der Waals surface area contributed by atoms with Crippen LogP contribution in [-0.2, 0) is 20.9 Å². The molecule has 3 rings (SSSR count). The van der Waals surface area contributed by atoms with E-state index in [9.17, 15) is 14.4 Å². The van der Waals surface area contributed by atoms with Gasteiger partial charge in [-0.1, -0.05) is 15.9 Å². The normalized spacial score (nSPS) is 14.8. The van der Waals surface area contributed by atoms with Gasteiger partial charge in [0.1, 0.15) is 0 Å². The Morgan fingerprint density at radius 3 is 2.80 bits per heavy atom. The molecule has 1 aliphatic rings. The van der Waals surface area contributed by atoms with E-state index in [0.29, 0.717) is 50.0 Å². The van der Waals surface area contributed by atoms with Crippen molar-refractivity contribution in [2.45, 2.75) is 32.2 Å². The summed E-state index contributed by atoms with van der Waals surface area (Å²) >= 11 is 3.37. The Balaban J connectivity index is 1.48. The number of benzene rings is 1. The first-order chi connectivity index (χ1) is 14.5. The van der Waals surface area contributed by atoms with Gasteiger partial charge in [-0.2, -0.15) is 0 Å². The lowest BCUT2D eigenvalue weighted by Gasteiger charge is -2.31. The number of carbonyl (C=O) groups is 2.